The van der Waals surface area contributed by atoms with Crippen LogP contribution in [0.15, 0.2) is 18.2 Å². The third-order valence-electron chi connectivity index (χ3n) is 2.20. The fourth-order valence-electron chi connectivity index (χ4n) is 1.57. The molecule has 0 fully saturated rings. The Morgan fingerprint density at radius 1 is 1.47 bits per heavy atom. The van der Waals surface area contributed by atoms with Gasteiger partial charge in [0.05, 0.1) is 5.52 Å². The van der Waals surface area contributed by atoms with E-state index in [4.69, 9.17) is 5.73 Å². The van der Waals surface area contributed by atoms with Gasteiger partial charge < -0.3 is 15.6 Å². The summed E-state index contributed by atoms with van der Waals surface area (Å²) >= 11 is 0. The first-order valence-electron chi connectivity index (χ1n) is 4.66. The number of ether oxygens (including phenoxy) is 1. The van der Waals surface area contributed by atoms with Gasteiger partial charge in [0.25, 0.3) is 0 Å². The first-order valence-corrected chi connectivity index (χ1v) is 4.66. The first-order chi connectivity index (χ1) is 7.99. The zero-order valence-corrected chi connectivity index (χ0v) is 8.88. The molecule has 0 saturated heterocycles. The highest BCUT2D eigenvalue weighted by atomic mass is 16.6. The van der Waals surface area contributed by atoms with Gasteiger partial charge in [-0.25, -0.2) is 9.59 Å². The predicted octanol–water partition coefficient (Wildman–Crippen LogP) is 0.514. The molecule has 0 bridgehead atoms. The van der Waals surface area contributed by atoms with Crippen LogP contribution < -0.4 is 5.73 Å². The van der Waals surface area contributed by atoms with Gasteiger partial charge in [0, 0.05) is 12.4 Å². The number of aromatic nitrogens is 2. The van der Waals surface area contributed by atoms with Crippen molar-refractivity contribution in [1.82, 2.24) is 9.78 Å². The molecule has 0 aliphatic carbocycles. The highest BCUT2D eigenvalue weighted by molar-refractivity contribution is 6.05. The molecule has 0 aliphatic rings. The van der Waals surface area contributed by atoms with Gasteiger partial charge in [0.1, 0.15) is 5.75 Å². The van der Waals surface area contributed by atoms with Crippen LogP contribution in [0.4, 0.5) is 4.79 Å². The summed E-state index contributed by atoms with van der Waals surface area (Å²) in [4.78, 5) is 22.1. The number of aromatic hydroxyl groups is 1. The Morgan fingerprint density at radius 2 is 2.18 bits per heavy atom. The quantitative estimate of drug-likeness (QED) is 0.553. The number of phenolic OH excluding ortho intramolecular Hbond substituents is 1. The molecule has 3 N–H and O–H groups in total. The van der Waals surface area contributed by atoms with Crippen LogP contribution in [0.25, 0.3) is 10.9 Å². The van der Waals surface area contributed by atoms with E-state index in [2.05, 4.69) is 9.84 Å². The molecule has 1 amide bonds. The molecule has 0 radical (unpaired) electrons. The average Bonchev–Trinajstić information content (AvgIpc) is 2.52. The molecular weight excluding hydrogens is 226 g/mol. The van der Waals surface area contributed by atoms with Gasteiger partial charge in [-0.2, -0.15) is 5.10 Å². The minimum atomic E-state index is -1.19. The maximum atomic E-state index is 11.6. The van der Waals surface area contributed by atoms with E-state index < -0.39 is 12.1 Å². The van der Waals surface area contributed by atoms with Crippen molar-refractivity contribution in [3.63, 3.8) is 0 Å². The lowest BCUT2D eigenvalue weighted by molar-refractivity contribution is 0.0629. The lowest BCUT2D eigenvalue weighted by Crippen LogP contribution is -2.20. The number of amides is 1. The summed E-state index contributed by atoms with van der Waals surface area (Å²) in [6.45, 7) is 0. The summed E-state index contributed by atoms with van der Waals surface area (Å²) in [5.74, 6) is -0.924. The number of primary amides is 1. The second-order valence-corrected chi connectivity index (χ2v) is 3.38. The van der Waals surface area contributed by atoms with E-state index in [-0.39, 0.29) is 11.4 Å². The Bertz CT molecular complexity index is 617. The number of esters is 1. The van der Waals surface area contributed by atoms with Crippen LogP contribution in [0.1, 0.15) is 10.5 Å². The number of nitrogens with two attached hydrogens (primary N) is 1. The highest BCUT2D eigenvalue weighted by Crippen LogP contribution is 2.23. The smallest absolute Gasteiger partial charge is 0.412 e. The lowest BCUT2D eigenvalue weighted by Gasteiger charge is -2.00. The number of hydrogen-bond acceptors (Lipinski definition) is 5. The summed E-state index contributed by atoms with van der Waals surface area (Å²) < 4.78 is 5.54. The van der Waals surface area contributed by atoms with E-state index in [0.29, 0.717) is 10.9 Å². The SMILES string of the molecule is Cn1nc2ccc(O)cc2c1C(=O)OC(N)=O. The molecule has 88 valence electrons. The number of carbonyl (C=O) groups is 2. The van der Waals surface area contributed by atoms with Crippen LogP contribution >= 0.6 is 0 Å². The number of rotatable bonds is 1. The predicted molar refractivity (Wildman–Crippen MR) is 57.4 cm³/mol. The van der Waals surface area contributed by atoms with Crippen LogP contribution in [0.3, 0.4) is 0 Å². The summed E-state index contributed by atoms with van der Waals surface area (Å²) in [6, 6.07) is 4.35. The standard InChI is InChI=1S/C10H9N3O4/c1-13-8(9(15)17-10(11)16)6-4-5(14)2-3-7(6)12-13/h2-4,14H,1H3,(H2,11,16). The van der Waals surface area contributed by atoms with Crippen molar-refractivity contribution < 1.29 is 19.4 Å². The van der Waals surface area contributed by atoms with E-state index in [0.717, 1.165) is 0 Å². The van der Waals surface area contributed by atoms with Crippen LogP contribution in [0.2, 0.25) is 0 Å². The van der Waals surface area contributed by atoms with Gasteiger partial charge in [-0.3, -0.25) is 4.68 Å². The van der Waals surface area contributed by atoms with Crippen molar-refractivity contribution in [3.05, 3.63) is 23.9 Å². The maximum absolute atomic E-state index is 11.6. The molecule has 7 nitrogen and oxygen atoms in total. The lowest BCUT2D eigenvalue weighted by atomic mass is 10.2. The molecule has 0 unspecified atom stereocenters. The first kappa shape index (κ1) is 10.9. The fraction of sp³-hybridized carbons (Fsp3) is 0.100. The van der Waals surface area contributed by atoms with Gasteiger partial charge in [-0.1, -0.05) is 0 Å². The third kappa shape index (κ3) is 1.89. The zero-order valence-electron chi connectivity index (χ0n) is 8.88. The van der Waals surface area contributed by atoms with E-state index in [1.54, 1.807) is 6.07 Å². The van der Waals surface area contributed by atoms with Gasteiger partial charge in [-0.15, -0.1) is 0 Å². The summed E-state index contributed by atoms with van der Waals surface area (Å²) in [6.07, 6.45) is -1.19. The molecule has 1 aromatic carbocycles. The number of aryl methyl sites for hydroxylation is 1. The minimum absolute atomic E-state index is 0.0152. The largest absolute Gasteiger partial charge is 0.508 e. The second-order valence-electron chi connectivity index (χ2n) is 3.38. The Hall–Kier alpha value is -2.57. The van der Waals surface area contributed by atoms with Crippen molar-refractivity contribution in [1.29, 1.82) is 0 Å². The number of phenols is 1. The monoisotopic (exact) mass is 235 g/mol. The molecule has 0 aliphatic heterocycles. The zero-order chi connectivity index (χ0) is 12.6. The Labute approximate surface area is 95.4 Å². The Kier molecular flexibility index (Phi) is 2.43. The summed E-state index contributed by atoms with van der Waals surface area (Å²) in [5, 5.41) is 13.8. The molecule has 1 aromatic heterocycles. The Morgan fingerprint density at radius 3 is 2.82 bits per heavy atom. The molecule has 2 rings (SSSR count). The molecule has 0 atom stereocenters. The molecular formula is C10H9N3O4. The van der Waals surface area contributed by atoms with Gasteiger partial charge in [0.15, 0.2) is 5.69 Å². The van der Waals surface area contributed by atoms with Gasteiger partial charge in [0.2, 0.25) is 0 Å². The molecule has 0 saturated carbocycles. The number of benzene rings is 1. The molecule has 17 heavy (non-hydrogen) atoms. The van der Waals surface area contributed by atoms with Crippen LogP contribution in [-0.4, -0.2) is 26.9 Å². The van der Waals surface area contributed by atoms with Crippen LogP contribution in [0, 0.1) is 0 Å². The molecule has 1 heterocycles. The number of nitrogens with zero attached hydrogens (tertiary/aromatic N) is 2. The van der Waals surface area contributed by atoms with E-state index in [1.165, 1.54) is 23.9 Å². The van der Waals surface area contributed by atoms with Gasteiger partial charge >= 0.3 is 12.1 Å². The second kappa shape index (κ2) is 3.78. The molecule has 7 heteroatoms. The van der Waals surface area contributed by atoms with Crippen molar-refractivity contribution in [2.45, 2.75) is 0 Å². The van der Waals surface area contributed by atoms with Crippen LogP contribution in [0.5, 0.6) is 5.75 Å². The molecule has 2 aromatic rings. The van der Waals surface area contributed by atoms with Crippen molar-refractivity contribution >= 4 is 23.0 Å². The van der Waals surface area contributed by atoms with E-state index >= 15 is 0 Å². The number of hydrogen-bond donors (Lipinski definition) is 2. The van der Waals surface area contributed by atoms with Crippen LogP contribution in [-0.2, 0) is 11.8 Å². The van der Waals surface area contributed by atoms with Crippen molar-refractivity contribution in [2.75, 3.05) is 0 Å². The average molecular weight is 235 g/mol. The number of carbonyl (C=O) groups excluding carboxylic acids is 2. The number of fused-ring (bicyclic) bond motifs is 1. The Balaban J connectivity index is 2.59. The molecule has 0 spiro atoms. The van der Waals surface area contributed by atoms with E-state index in [1.807, 2.05) is 0 Å². The maximum Gasteiger partial charge on any atom is 0.412 e. The third-order valence-corrected chi connectivity index (χ3v) is 2.20. The fourth-order valence-corrected chi connectivity index (χ4v) is 1.57. The van der Waals surface area contributed by atoms with Crippen molar-refractivity contribution in [2.24, 2.45) is 12.8 Å². The normalized spacial score (nSPS) is 10.4. The van der Waals surface area contributed by atoms with Crippen molar-refractivity contribution in [3.8, 4) is 5.75 Å². The summed E-state index contributed by atoms with van der Waals surface area (Å²) in [7, 11) is 1.52. The minimum Gasteiger partial charge on any atom is -0.508 e. The highest BCUT2D eigenvalue weighted by Gasteiger charge is 2.20. The van der Waals surface area contributed by atoms with E-state index in [9.17, 15) is 14.7 Å². The topological polar surface area (TPSA) is 107 Å². The van der Waals surface area contributed by atoms with Gasteiger partial charge in [-0.05, 0) is 18.2 Å². The summed E-state index contributed by atoms with van der Waals surface area (Å²) in [5.41, 5.74) is 5.31.